The van der Waals surface area contributed by atoms with Crippen molar-refractivity contribution in [3.8, 4) is 5.69 Å². The highest BCUT2D eigenvalue weighted by molar-refractivity contribution is 7.90. The standard InChI is InChI=1S/C11H11N5O2S/c1-8-11(13-15-12)7-16(14-8)9-3-5-10(6-4-9)19(2,17)18/h3-7H,1-2H3. The summed E-state index contributed by atoms with van der Waals surface area (Å²) in [6.07, 6.45) is 2.74. The number of aromatic nitrogens is 2. The highest BCUT2D eigenvalue weighted by Gasteiger charge is 2.08. The van der Waals surface area contributed by atoms with Crippen molar-refractivity contribution >= 4 is 15.5 Å². The number of azide groups is 1. The first-order chi connectivity index (χ1) is 8.91. The van der Waals surface area contributed by atoms with Crippen LogP contribution < -0.4 is 0 Å². The molecule has 0 N–H and O–H groups in total. The van der Waals surface area contributed by atoms with Crippen LogP contribution in [0.2, 0.25) is 0 Å². The summed E-state index contributed by atoms with van der Waals surface area (Å²) in [4.78, 5) is 2.96. The van der Waals surface area contributed by atoms with Gasteiger partial charge in [0, 0.05) is 17.4 Å². The Morgan fingerprint density at radius 1 is 1.32 bits per heavy atom. The van der Waals surface area contributed by atoms with Gasteiger partial charge in [-0.2, -0.15) is 5.10 Å². The molecule has 98 valence electrons. The van der Waals surface area contributed by atoms with E-state index in [4.69, 9.17) is 5.53 Å². The molecule has 1 aromatic heterocycles. The van der Waals surface area contributed by atoms with Crippen LogP contribution in [0, 0.1) is 6.92 Å². The minimum absolute atomic E-state index is 0.246. The first-order valence-electron chi connectivity index (χ1n) is 5.33. The summed E-state index contributed by atoms with van der Waals surface area (Å²) in [5.74, 6) is 0. The van der Waals surface area contributed by atoms with Gasteiger partial charge in [-0.1, -0.05) is 5.11 Å². The van der Waals surface area contributed by atoms with Crippen molar-refractivity contribution < 1.29 is 8.42 Å². The molecular weight excluding hydrogens is 266 g/mol. The van der Waals surface area contributed by atoms with E-state index in [0.717, 1.165) is 6.26 Å². The Morgan fingerprint density at radius 2 is 1.95 bits per heavy atom. The summed E-state index contributed by atoms with van der Waals surface area (Å²) in [6.45, 7) is 1.73. The van der Waals surface area contributed by atoms with E-state index in [2.05, 4.69) is 15.1 Å². The van der Waals surface area contributed by atoms with Crippen LogP contribution in [-0.4, -0.2) is 24.5 Å². The van der Waals surface area contributed by atoms with Gasteiger partial charge in [-0.25, -0.2) is 13.1 Å². The van der Waals surface area contributed by atoms with Crippen LogP contribution >= 0.6 is 0 Å². The average molecular weight is 277 g/mol. The molecule has 1 aromatic carbocycles. The number of benzene rings is 1. The summed E-state index contributed by atoms with van der Waals surface area (Å²) >= 11 is 0. The molecular formula is C11H11N5O2S. The lowest BCUT2D eigenvalue weighted by Crippen LogP contribution is -1.99. The Kier molecular flexibility index (Phi) is 3.28. The van der Waals surface area contributed by atoms with Gasteiger partial charge in [0.05, 0.1) is 22.0 Å². The van der Waals surface area contributed by atoms with Crippen LogP contribution in [0.3, 0.4) is 0 Å². The molecule has 0 aliphatic rings. The fraction of sp³-hybridized carbons (Fsp3) is 0.182. The zero-order valence-electron chi connectivity index (χ0n) is 10.3. The van der Waals surface area contributed by atoms with Gasteiger partial charge in [-0.05, 0) is 36.7 Å². The molecule has 0 unspecified atom stereocenters. The predicted molar refractivity (Wildman–Crippen MR) is 70.2 cm³/mol. The zero-order chi connectivity index (χ0) is 14.0. The molecule has 0 aliphatic carbocycles. The molecule has 0 spiro atoms. The van der Waals surface area contributed by atoms with Crippen molar-refractivity contribution in [2.24, 2.45) is 5.11 Å². The van der Waals surface area contributed by atoms with Crippen LogP contribution in [0.5, 0.6) is 0 Å². The van der Waals surface area contributed by atoms with E-state index in [1.807, 2.05) is 0 Å². The Balaban J connectivity index is 2.43. The molecule has 0 saturated heterocycles. The van der Waals surface area contributed by atoms with Gasteiger partial charge >= 0.3 is 0 Å². The molecule has 7 nitrogen and oxygen atoms in total. The van der Waals surface area contributed by atoms with Crippen molar-refractivity contribution in [3.05, 3.63) is 46.6 Å². The second-order valence-corrected chi connectivity index (χ2v) is 6.02. The number of hydrogen-bond donors (Lipinski definition) is 0. The normalized spacial score (nSPS) is 11.1. The van der Waals surface area contributed by atoms with Gasteiger partial charge in [-0.3, -0.25) is 0 Å². The lowest BCUT2D eigenvalue weighted by Gasteiger charge is -2.02. The molecule has 0 atom stereocenters. The Bertz CT molecular complexity index is 755. The first-order valence-corrected chi connectivity index (χ1v) is 7.23. The maximum Gasteiger partial charge on any atom is 0.175 e. The Morgan fingerprint density at radius 3 is 2.47 bits per heavy atom. The van der Waals surface area contributed by atoms with E-state index < -0.39 is 9.84 Å². The summed E-state index contributed by atoms with van der Waals surface area (Å²) in [5, 5.41) is 7.70. The number of aryl methyl sites for hydroxylation is 1. The van der Waals surface area contributed by atoms with Crippen LogP contribution in [0.1, 0.15) is 5.69 Å². The van der Waals surface area contributed by atoms with E-state index in [1.54, 1.807) is 25.3 Å². The molecule has 1 heterocycles. The molecule has 0 amide bonds. The van der Waals surface area contributed by atoms with Crippen molar-refractivity contribution in [2.75, 3.05) is 6.26 Å². The molecule has 8 heteroatoms. The highest BCUT2D eigenvalue weighted by Crippen LogP contribution is 2.20. The molecule has 0 bridgehead atoms. The van der Waals surface area contributed by atoms with E-state index in [0.29, 0.717) is 17.1 Å². The molecule has 0 fully saturated rings. The summed E-state index contributed by atoms with van der Waals surface area (Å²) in [6, 6.07) is 6.30. The van der Waals surface area contributed by atoms with Gasteiger partial charge in [0.1, 0.15) is 0 Å². The molecule has 2 aromatic rings. The largest absolute Gasteiger partial charge is 0.240 e. The van der Waals surface area contributed by atoms with E-state index in [9.17, 15) is 8.42 Å². The number of rotatable bonds is 3. The first kappa shape index (κ1) is 13.1. The molecule has 0 radical (unpaired) electrons. The second kappa shape index (κ2) is 4.75. The van der Waals surface area contributed by atoms with Crippen LogP contribution in [-0.2, 0) is 9.84 Å². The van der Waals surface area contributed by atoms with Crippen LogP contribution in [0.15, 0.2) is 40.5 Å². The van der Waals surface area contributed by atoms with Crippen molar-refractivity contribution in [1.82, 2.24) is 9.78 Å². The SMILES string of the molecule is Cc1nn(-c2ccc(S(C)(=O)=O)cc2)cc1N=[N+]=[N-]. The fourth-order valence-corrected chi connectivity index (χ4v) is 2.21. The minimum Gasteiger partial charge on any atom is -0.240 e. The number of hydrogen-bond acceptors (Lipinski definition) is 4. The molecule has 2 rings (SSSR count). The van der Waals surface area contributed by atoms with Gasteiger partial charge in [0.25, 0.3) is 0 Å². The third-order valence-electron chi connectivity index (χ3n) is 2.55. The molecule has 0 saturated carbocycles. The van der Waals surface area contributed by atoms with E-state index >= 15 is 0 Å². The minimum atomic E-state index is -3.21. The Hall–Kier alpha value is -2.31. The lowest BCUT2D eigenvalue weighted by molar-refractivity contribution is 0.602. The lowest BCUT2D eigenvalue weighted by atomic mass is 10.3. The maximum absolute atomic E-state index is 11.3. The molecule has 19 heavy (non-hydrogen) atoms. The molecule has 0 aliphatic heterocycles. The number of sulfone groups is 1. The monoisotopic (exact) mass is 277 g/mol. The summed E-state index contributed by atoms with van der Waals surface area (Å²) < 4.78 is 24.2. The van der Waals surface area contributed by atoms with Crippen molar-refractivity contribution in [1.29, 1.82) is 0 Å². The predicted octanol–water partition coefficient (Wildman–Crippen LogP) is 2.53. The van der Waals surface area contributed by atoms with Crippen LogP contribution in [0.4, 0.5) is 5.69 Å². The van der Waals surface area contributed by atoms with E-state index in [-0.39, 0.29) is 4.90 Å². The number of nitrogens with zero attached hydrogens (tertiary/aromatic N) is 5. The Labute approximate surface area is 110 Å². The average Bonchev–Trinajstić information content (AvgIpc) is 2.71. The quantitative estimate of drug-likeness (QED) is 0.489. The van der Waals surface area contributed by atoms with Crippen molar-refractivity contribution in [2.45, 2.75) is 11.8 Å². The zero-order valence-corrected chi connectivity index (χ0v) is 11.2. The summed E-state index contributed by atoms with van der Waals surface area (Å²) in [5.41, 5.74) is 10.1. The van der Waals surface area contributed by atoms with Gasteiger partial charge in [-0.15, -0.1) is 0 Å². The third kappa shape index (κ3) is 2.75. The topological polar surface area (TPSA) is 101 Å². The van der Waals surface area contributed by atoms with E-state index in [1.165, 1.54) is 16.8 Å². The third-order valence-corrected chi connectivity index (χ3v) is 3.68. The second-order valence-electron chi connectivity index (χ2n) is 4.00. The van der Waals surface area contributed by atoms with Gasteiger partial charge in [0.2, 0.25) is 0 Å². The summed E-state index contributed by atoms with van der Waals surface area (Å²) in [7, 11) is -3.21. The van der Waals surface area contributed by atoms with Crippen molar-refractivity contribution in [3.63, 3.8) is 0 Å². The smallest absolute Gasteiger partial charge is 0.175 e. The maximum atomic E-state index is 11.3. The van der Waals surface area contributed by atoms with Crippen LogP contribution in [0.25, 0.3) is 16.1 Å². The van der Waals surface area contributed by atoms with Gasteiger partial charge < -0.3 is 0 Å². The highest BCUT2D eigenvalue weighted by atomic mass is 32.2. The van der Waals surface area contributed by atoms with Gasteiger partial charge in [0.15, 0.2) is 9.84 Å². The fourth-order valence-electron chi connectivity index (χ4n) is 1.58.